The number of thioether (sulfide) groups is 2. The van der Waals surface area contributed by atoms with E-state index in [2.05, 4.69) is 0 Å². The molecule has 2 aliphatic rings. The molecule has 0 aromatic heterocycles. The summed E-state index contributed by atoms with van der Waals surface area (Å²) in [4.78, 5) is 30.1. The Morgan fingerprint density at radius 3 is 2.03 bits per heavy atom. The molecule has 1 unspecified atom stereocenters. The lowest BCUT2D eigenvalue weighted by molar-refractivity contribution is -0.114. The number of ketones is 1. The normalized spacial score (nSPS) is 19.9. The van der Waals surface area contributed by atoms with Crippen molar-refractivity contribution < 1.29 is 9.59 Å². The molecule has 1 fully saturated rings. The van der Waals surface area contributed by atoms with Gasteiger partial charge in [0.25, 0.3) is 5.91 Å². The number of hydrogen-bond donors (Lipinski definition) is 0. The van der Waals surface area contributed by atoms with Gasteiger partial charge in [-0.05, 0) is 54.6 Å². The number of carbonyl (C=O) groups is 2. The standard InChI is InChI=1S/C31H23N3O2S2/c1-22-17-19-26(20-18-22)34-31(38-29(32-34)28(35)24-13-7-3-8-14-24)33(25-15-9-4-10-16-25)30(36)27(37-31)21-23-11-5-2-6-12-23/h2-21H,1H3/b27-21+. The molecule has 6 rings (SSSR count). The summed E-state index contributed by atoms with van der Waals surface area (Å²) >= 11 is 2.71. The number of Topliss-reactive ketones (excluding diaryl/α,β-unsaturated/α-hetero) is 1. The number of carbonyl (C=O) groups excluding carboxylic acids is 2. The molecule has 0 radical (unpaired) electrons. The summed E-state index contributed by atoms with van der Waals surface area (Å²) in [6.07, 6.45) is 1.91. The van der Waals surface area contributed by atoms with Gasteiger partial charge in [0.15, 0.2) is 5.04 Å². The van der Waals surface area contributed by atoms with E-state index in [1.54, 1.807) is 17.0 Å². The van der Waals surface area contributed by atoms with E-state index in [0.29, 0.717) is 15.5 Å². The number of aryl methyl sites for hydroxylation is 1. The van der Waals surface area contributed by atoms with Gasteiger partial charge in [-0.2, -0.15) is 5.10 Å². The largest absolute Gasteiger partial charge is 0.286 e. The fourth-order valence-electron chi connectivity index (χ4n) is 4.38. The SMILES string of the molecule is Cc1ccc(N2N=C(C(=O)c3ccccc3)SC23S/C(=C/c2ccccc2)C(=O)N3c2ccccc2)cc1. The number of benzene rings is 4. The highest BCUT2D eigenvalue weighted by Crippen LogP contribution is 2.59. The number of nitrogens with zero attached hydrogens (tertiary/aromatic N) is 3. The van der Waals surface area contributed by atoms with Gasteiger partial charge in [0, 0.05) is 11.3 Å². The number of rotatable bonds is 5. The highest BCUT2D eigenvalue weighted by molar-refractivity contribution is 8.29. The van der Waals surface area contributed by atoms with Crippen molar-refractivity contribution in [1.82, 2.24) is 0 Å². The van der Waals surface area contributed by atoms with Gasteiger partial charge in [-0.1, -0.05) is 108 Å². The lowest BCUT2D eigenvalue weighted by Crippen LogP contribution is -2.51. The van der Waals surface area contributed by atoms with Crippen LogP contribution in [0.1, 0.15) is 21.5 Å². The van der Waals surface area contributed by atoms with Crippen LogP contribution >= 0.6 is 23.5 Å². The molecule has 0 bridgehead atoms. The Labute approximate surface area is 229 Å². The molecule has 4 aromatic carbocycles. The van der Waals surface area contributed by atoms with Crippen molar-refractivity contribution in [3.63, 3.8) is 0 Å². The molecule has 38 heavy (non-hydrogen) atoms. The Hall–Kier alpha value is -4.07. The van der Waals surface area contributed by atoms with Crippen molar-refractivity contribution in [3.8, 4) is 0 Å². The predicted octanol–water partition coefficient (Wildman–Crippen LogP) is 7.18. The van der Waals surface area contributed by atoms with E-state index < -0.39 is 4.33 Å². The Bertz CT molecular complexity index is 1560. The van der Waals surface area contributed by atoms with Gasteiger partial charge >= 0.3 is 0 Å². The third-order valence-corrected chi connectivity index (χ3v) is 8.96. The van der Waals surface area contributed by atoms with Gasteiger partial charge < -0.3 is 0 Å². The second-order valence-corrected chi connectivity index (χ2v) is 11.5. The fourth-order valence-corrected chi connectivity index (χ4v) is 7.32. The zero-order chi connectivity index (χ0) is 26.1. The summed E-state index contributed by atoms with van der Waals surface area (Å²) in [5, 5.41) is 7.02. The van der Waals surface area contributed by atoms with Crippen LogP contribution in [0.25, 0.3) is 6.08 Å². The monoisotopic (exact) mass is 533 g/mol. The van der Waals surface area contributed by atoms with Crippen molar-refractivity contribution in [2.75, 3.05) is 9.91 Å². The molecule has 1 atom stereocenters. The van der Waals surface area contributed by atoms with Gasteiger partial charge in [0.1, 0.15) is 0 Å². The highest BCUT2D eigenvalue weighted by atomic mass is 32.2. The maximum absolute atomic E-state index is 14.1. The van der Waals surface area contributed by atoms with E-state index in [0.717, 1.165) is 22.5 Å². The highest BCUT2D eigenvalue weighted by Gasteiger charge is 2.60. The molecule has 7 heteroatoms. The van der Waals surface area contributed by atoms with Crippen LogP contribution in [-0.4, -0.2) is 21.1 Å². The minimum Gasteiger partial charge on any atom is -0.286 e. The smallest absolute Gasteiger partial charge is 0.268 e. The first-order valence-electron chi connectivity index (χ1n) is 12.1. The molecule has 1 spiro atoms. The third-order valence-electron chi connectivity index (χ3n) is 6.25. The Kier molecular flexibility index (Phi) is 6.39. The van der Waals surface area contributed by atoms with Crippen molar-refractivity contribution in [2.24, 2.45) is 5.10 Å². The molecule has 5 nitrogen and oxygen atoms in total. The Balaban J connectivity index is 1.52. The second-order valence-electron chi connectivity index (χ2n) is 8.90. The van der Waals surface area contributed by atoms with E-state index in [1.807, 2.05) is 121 Å². The van der Waals surface area contributed by atoms with Gasteiger partial charge in [0.2, 0.25) is 10.1 Å². The maximum atomic E-state index is 14.1. The number of amides is 1. The molecule has 0 N–H and O–H groups in total. The number of anilines is 2. The lowest BCUT2D eigenvalue weighted by atomic mass is 10.1. The Morgan fingerprint density at radius 2 is 1.37 bits per heavy atom. The summed E-state index contributed by atoms with van der Waals surface area (Å²) in [5.41, 5.74) is 4.12. The molecule has 0 aliphatic carbocycles. The summed E-state index contributed by atoms with van der Waals surface area (Å²) in [6, 6.07) is 36.5. The van der Waals surface area contributed by atoms with Gasteiger partial charge in [-0.3, -0.25) is 14.5 Å². The van der Waals surface area contributed by atoms with Crippen molar-refractivity contribution >= 4 is 57.7 Å². The molecular formula is C31H23N3O2S2. The molecule has 0 saturated carbocycles. The molecule has 1 saturated heterocycles. The van der Waals surface area contributed by atoms with Crippen molar-refractivity contribution in [3.05, 3.63) is 137 Å². The van der Waals surface area contributed by atoms with Gasteiger partial charge in [0.05, 0.1) is 10.6 Å². The van der Waals surface area contributed by atoms with E-state index >= 15 is 0 Å². The van der Waals surface area contributed by atoms with E-state index in [9.17, 15) is 9.59 Å². The Morgan fingerprint density at radius 1 is 0.763 bits per heavy atom. The van der Waals surface area contributed by atoms with Crippen LogP contribution < -0.4 is 9.91 Å². The molecule has 2 heterocycles. The van der Waals surface area contributed by atoms with Crippen LogP contribution in [0.2, 0.25) is 0 Å². The minimum atomic E-state index is -1.06. The third kappa shape index (κ3) is 4.34. The minimum absolute atomic E-state index is 0.140. The molecule has 1 amide bonds. The first-order valence-corrected chi connectivity index (χ1v) is 13.8. The number of para-hydroxylation sites is 1. The summed E-state index contributed by atoms with van der Waals surface area (Å²) in [5.74, 6) is -0.315. The topological polar surface area (TPSA) is 53.0 Å². The lowest BCUT2D eigenvalue weighted by Gasteiger charge is -2.38. The first-order chi connectivity index (χ1) is 18.5. The second kappa shape index (κ2) is 10.0. The predicted molar refractivity (Wildman–Crippen MR) is 158 cm³/mol. The number of hydrazone groups is 1. The molecule has 4 aromatic rings. The van der Waals surface area contributed by atoms with Crippen LogP contribution in [0, 0.1) is 6.92 Å². The molecular weight excluding hydrogens is 510 g/mol. The van der Waals surface area contributed by atoms with Gasteiger partial charge in [-0.15, -0.1) is 0 Å². The van der Waals surface area contributed by atoms with Crippen LogP contribution in [0.5, 0.6) is 0 Å². The number of hydrogen-bond acceptors (Lipinski definition) is 6. The summed E-state index contributed by atoms with van der Waals surface area (Å²) < 4.78 is -1.06. The van der Waals surface area contributed by atoms with Crippen molar-refractivity contribution in [1.29, 1.82) is 0 Å². The van der Waals surface area contributed by atoms with Crippen molar-refractivity contribution in [2.45, 2.75) is 11.3 Å². The van der Waals surface area contributed by atoms with E-state index in [1.165, 1.54) is 23.5 Å². The summed E-state index contributed by atoms with van der Waals surface area (Å²) in [7, 11) is 0. The van der Waals surface area contributed by atoms with Crippen LogP contribution in [-0.2, 0) is 4.79 Å². The van der Waals surface area contributed by atoms with Crippen LogP contribution in [0.4, 0.5) is 11.4 Å². The first kappa shape index (κ1) is 24.3. The average Bonchev–Trinajstić information content (AvgIpc) is 3.46. The summed E-state index contributed by atoms with van der Waals surface area (Å²) in [6.45, 7) is 2.02. The fraction of sp³-hybridized carbons (Fsp3) is 0.0645. The van der Waals surface area contributed by atoms with E-state index in [-0.39, 0.29) is 11.7 Å². The quantitative estimate of drug-likeness (QED) is 0.201. The average molecular weight is 534 g/mol. The molecule has 2 aliphatic heterocycles. The van der Waals surface area contributed by atoms with Crippen LogP contribution in [0.15, 0.2) is 125 Å². The van der Waals surface area contributed by atoms with Gasteiger partial charge in [-0.25, -0.2) is 5.01 Å². The zero-order valence-electron chi connectivity index (χ0n) is 20.5. The maximum Gasteiger partial charge on any atom is 0.268 e. The molecule has 186 valence electrons. The van der Waals surface area contributed by atoms with Crippen LogP contribution in [0.3, 0.4) is 0 Å². The zero-order valence-corrected chi connectivity index (χ0v) is 22.2. The van der Waals surface area contributed by atoms with E-state index in [4.69, 9.17) is 5.10 Å².